The van der Waals surface area contributed by atoms with Gasteiger partial charge in [0.1, 0.15) is 11.6 Å². The molecular formula is C17H22N4O2. The summed E-state index contributed by atoms with van der Waals surface area (Å²) in [5.41, 5.74) is 7.41. The van der Waals surface area contributed by atoms with Crippen LogP contribution >= 0.6 is 0 Å². The SMILES string of the molecule is NCCCC(=O)Nc1ccc(NCCc2ccc(O)cc2)cn1. The van der Waals surface area contributed by atoms with E-state index in [9.17, 15) is 9.90 Å². The lowest BCUT2D eigenvalue weighted by molar-refractivity contribution is -0.116. The maximum Gasteiger partial charge on any atom is 0.225 e. The van der Waals surface area contributed by atoms with E-state index in [2.05, 4.69) is 15.6 Å². The zero-order chi connectivity index (χ0) is 16.5. The van der Waals surface area contributed by atoms with Gasteiger partial charge in [-0.25, -0.2) is 4.98 Å². The van der Waals surface area contributed by atoms with Crippen LogP contribution in [0.2, 0.25) is 0 Å². The standard InChI is InChI=1S/C17H22N4O2/c18-10-1-2-17(23)21-16-8-5-14(12-20-16)19-11-9-13-3-6-15(22)7-4-13/h3-8,12,19,22H,1-2,9-11,18H2,(H,20,21,23). The summed E-state index contributed by atoms with van der Waals surface area (Å²) in [6, 6.07) is 10.8. The number of carbonyl (C=O) groups is 1. The van der Waals surface area contributed by atoms with Gasteiger partial charge in [0.2, 0.25) is 5.91 Å². The van der Waals surface area contributed by atoms with E-state index >= 15 is 0 Å². The highest BCUT2D eigenvalue weighted by Crippen LogP contribution is 2.12. The number of aromatic nitrogens is 1. The molecule has 1 aromatic heterocycles. The average molecular weight is 314 g/mol. The molecule has 122 valence electrons. The number of nitrogens with two attached hydrogens (primary N) is 1. The summed E-state index contributed by atoms with van der Waals surface area (Å²) >= 11 is 0. The fourth-order valence-electron chi connectivity index (χ4n) is 2.05. The molecule has 1 amide bonds. The second-order valence-electron chi connectivity index (χ2n) is 5.22. The van der Waals surface area contributed by atoms with E-state index in [1.807, 2.05) is 18.2 Å². The van der Waals surface area contributed by atoms with Crippen molar-refractivity contribution < 1.29 is 9.90 Å². The molecular weight excluding hydrogens is 292 g/mol. The molecule has 2 rings (SSSR count). The minimum absolute atomic E-state index is 0.0732. The molecule has 0 aliphatic rings. The smallest absolute Gasteiger partial charge is 0.225 e. The molecule has 0 saturated heterocycles. The molecule has 0 unspecified atom stereocenters. The van der Waals surface area contributed by atoms with Crippen LogP contribution in [-0.2, 0) is 11.2 Å². The van der Waals surface area contributed by atoms with Crippen molar-refractivity contribution in [3.63, 3.8) is 0 Å². The van der Waals surface area contributed by atoms with Crippen LogP contribution < -0.4 is 16.4 Å². The maximum atomic E-state index is 11.6. The molecule has 6 nitrogen and oxygen atoms in total. The van der Waals surface area contributed by atoms with E-state index in [1.54, 1.807) is 24.4 Å². The number of nitrogens with one attached hydrogen (secondary N) is 2. The van der Waals surface area contributed by atoms with Crippen molar-refractivity contribution in [1.29, 1.82) is 0 Å². The van der Waals surface area contributed by atoms with Crippen LogP contribution in [-0.4, -0.2) is 29.1 Å². The first-order valence-electron chi connectivity index (χ1n) is 7.65. The lowest BCUT2D eigenvalue weighted by atomic mass is 10.1. The fraction of sp³-hybridized carbons (Fsp3) is 0.294. The normalized spacial score (nSPS) is 10.3. The van der Waals surface area contributed by atoms with E-state index in [0.29, 0.717) is 25.2 Å². The third-order valence-electron chi connectivity index (χ3n) is 3.32. The van der Waals surface area contributed by atoms with Crippen molar-refractivity contribution >= 4 is 17.4 Å². The van der Waals surface area contributed by atoms with Crippen LogP contribution in [0.3, 0.4) is 0 Å². The number of anilines is 2. The number of pyridine rings is 1. The molecule has 6 heteroatoms. The molecule has 0 saturated carbocycles. The highest BCUT2D eigenvalue weighted by Gasteiger charge is 2.02. The van der Waals surface area contributed by atoms with E-state index in [0.717, 1.165) is 24.2 Å². The number of amides is 1. The Hall–Kier alpha value is -2.60. The molecule has 5 N–H and O–H groups in total. The minimum atomic E-state index is -0.0732. The molecule has 0 aliphatic carbocycles. The Morgan fingerprint density at radius 1 is 1.17 bits per heavy atom. The van der Waals surface area contributed by atoms with Crippen LogP contribution in [0.15, 0.2) is 42.6 Å². The van der Waals surface area contributed by atoms with Crippen LogP contribution in [0, 0.1) is 0 Å². The number of hydrogen-bond donors (Lipinski definition) is 4. The summed E-state index contributed by atoms with van der Waals surface area (Å²) in [4.78, 5) is 15.8. The van der Waals surface area contributed by atoms with E-state index in [4.69, 9.17) is 5.73 Å². The number of rotatable bonds is 8. The summed E-state index contributed by atoms with van der Waals surface area (Å²) < 4.78 is 0. The van der Waals surface area contributed by atoms with Crippen molar-refractivity contribution in [1.82, 2.24) is 4.98 Å². The van der Waals surface area contributed by atoms with Crippen LogP contribution in [0.1, 0.15) is 18.4 Å². The van der Waals surface area contributed by atoms with Gasteiger partial charge in [0.15, 0.2) is 0 Å². The van der Waals surface area contributed by atoms with Gasteiger partial charge < -0.3 is 21.5 Å². The first-order valence-corrected chi connectivity index (χ1v) is 7.65. The molecule has 0 fully saturated rings. The number of phenols is 1. The summed E-state index contributed by atoms with van der Waals surface area (Å²) in [6.07, 6.45) is 3.61. The monoisotopic (exact) mass is 314 g/mol. The van der Waals surface area contributed by atoms with Crippen LogP contribution in [0.25, 0.3) is 0 Å². The predicted molar refractivity (Wildman–Crippen MR) is 91.5 cm³/mol. The quantitative estimate of drug-likeness (QED) is 0.598. The molecule has 1 heterocycles. The molecule has 1 aromatic carbocycles. The summed E-state index contributed by atoms with van der Waals surface area (Å²) in [5.74, 6) is 0.738. The molecule has 0 aliphatic heterocycles. The number of hydrogen-bond acceptors (Lipinski definition) is 5. The third kappa shape index (κ3) is 5.96. The Labute approximate surface area is 135 Å². The number of aromatic hydroxyl groups is 1. The minimum Gasteiger partial charge on any atom is -0.508 e. The Balaban J connectivity index is 1.76. The number of nitrogens with zero attached hydrogens (tertiary/aromatic N) is 1. The highest BCUT2D eigenvalue weighted by molar-refractivity contribution is 5.89. The van der Waals surface area contributed by atoms with E-state index in [-0.39, 0.29) is 11.7 Å². The Morgan fingerprint density at radius 2 is 1.96 bits per heavy atom. The molecule has 0 bridgehead atoms. The van der Waals surface area contributed by atoms with Gasteiger partial charge in [-0.3, -0.25) is 4.79 Å². The number of carbonyl (C=O) groups excluding carboxylic acids is 1. The summed E-state index contributed by atoms with van der Waals surface area (Å²) in [6.45, 7) is 1.26. The zero-order valence-electron chi connectivity index (χ0n) is 13.0. The highest BCUT2D eigenvalue weighted by atomic mass is 16.3. The van der Waals surface area contributed by atoms with Gasteiger partial charge in [-0.1, -0.05) is 12.1 Å². The molecule has 0 spiro atoms. The third-order valence-corrected chi connectivity index (χ3v) is 3.32. The average Bonchev–Trinajstić information content (AvgIpc) is 2.56. The van der Waals surface area contributed by atoms with Crippen LogP contribution in [0.4, 0.5) is 11.5 Å². The fourth-order valence-corrected chi connectivity index (χ4v) is 2.05. The lowest BCUT2D eigenvalue weighted by Crippen LogP contribution is -2.14. The summed E-state index contributed by atoms with van der Waals surface area (Å²) in [7, 11) is 0. The summed E-state index contributed by atoms with van der Waals surface area (Å²) in [5, 5.41) is 15.2. The van der Waals surface area contributed by atoms with Gasteiger partial charge in [0, 0.05) is 13.0 Å². The van der Waals surface area contributed by atoms with Gasteiger partial charge in [0.25, 0.3) is 0 Å². The molecule has 0 atom stereocenters. The van der Waals surface area contributed by atoms with Crippen molar-refractivity contribution in [2.24, 2.45) is 5.73 Å². The van der Waals surface area contributed by atoms with Gasteiger partial charge in [-0.05, 0) is 49.2 Å². The Morgan fingerprint density at radius 3 is 2.61 bits per heavy atom. The van der Waals surface area contributed by atoms with Gasteiger partial charge in [0.05, 0.1) is 11.9 Å². The van der Waals surface area contributed by atoms with Gasteiger partial charge >= 0.3 is 0 Å². The first-order chi connectivity index (χ1) is 11.2. The Kier molecular flexibility index (Phi) is 6.38. The number of phenolic OH excluding ortho intramolecular Hbond substituents is 1. The van der Waals surface area contributed by atoms with Crippen molar-refractivity contribution in [2.75, 3.05) is 23.7 Å². The predicted octanol–water partition coefficient (Wildman–Crippen LogP) is 2.12. The maximum absolute atomic E-state index is 11.6. The molecule has 23 heavy (non-hydrogen) atoms. The first kappa shape index (κ1) is 16.8. The topological polar surface area (TPSA) is 100 Å². The Bertz CT molecular complexity index is 611. The molecule has 2 aromatic rings. The zero-order valence-corrected chi connectivity index (χ0v) is 13.0. The van der Waals surface area contributed by atoms with Gasteiger partial charge in [-0.2, -0.15) is 0 Å². The van der Waals surface area contributed by atoms with Gasteiger partial charge in [-0.15, -0.1) is 0 Å². The second kappa shape index (κ2) is 8.75. The van der Waals surface area contributed by atoms with E-state index < -0.39 is 0 Å². The van der Waals surface area contributed by atoms with Crippen molar-refractivity contribution in [2.45, 2.75) is 19.3 Å². The second-order valence-corrected chi connectivity index (χ2v) is 5.22. The van der Waals surface area contributed by atoms with E-state index in [1.165, 1.54) is 0 Å². The van der Waals surface area contributed by atoms with Crippen LogP contribution in [0.5, 0.6) is 5.75 Å². The van der Waals surface area contributed by atoms with Crippen molar-refractivity contribution in [3.8, 4) is 5.75 Å². The lowest BCUT2D eigenvalue weighted by Gasteiger charge is -2.08. The molecule has 0 radical (unpaired) electrons. The van der Waals surface area contributed by atoms with Crippen molar-refractivity contribution in [3.05, 3.63) is 48.2 Å². The number of benzene rings is 1. The largest absolute Gasteiger partial charge is 0.508 e.